The van der Waals surface area contributed by atoms with Gasteiger partial charge in [0.1, 0.15) is 0 Å². The Kier molecular flexibility index (Phi) is 4.51. The molecule has 0 aliphatic heterocycles. The fraction of sp³-hybridized carbons (Fsp3) is 0.333. The SMILES string of the molecule is CC(C)NC(=O)CSc1n[nH]c(-c2cccnc2)n1. The summed E-state index contributed by atoms with van der Waals surface area (Å²) < 4.78 is 0. The van der Waals surface area contributed by atoms with Gasteiger partial charge in [-0.2, -0.15) is 0 Å². The smallest absolute Gasteiger partial charge is 0.230 e. The van der Waals surface area contributed by atoms with Crippen molar-refractivity contribution in [3.8, 4) is 11.4 Å². The van der Waals surface area contributed by atoms with Gasteiger partial charge in [0.05, 0.1) is 5.75 Å². The van der Waals surface area contributed by atoms with Crippen LogP contribution in [0.15, 0.2) is 29.7 Å². The molecule has 0 unspecified atom stereocenters. The summed E-state index contributed by atoms with van der Waals surface area (Å²) in [6, 6.07) is 3.87. The van der Waals surface area contributed by atoms with Gasteiger partial charge < -0.3 is 5.32 Å². The first-order valence-electron chi connectivity index (χ1n) is 5.90. The Labute approximate surface area is 115 Å². The van der Waals surface area contributed by atoms with Crippen LogP contribution in [0, 0.1) is 0 Å². The molecule has 0 saturated heterocycles. The maximum atomic E-state index is 11.5. The van der Waals surface area contributed by atoms with Gasteiger partial charge in [0.15, 0.2) is 5.82 Å². The predicted octanol–water partition coefficient (Wildman–Crippen LogP) is 1.48. The van der Waals surface area contributed by atoms with Gasteiger partial charge in [-0.1, -0.05) is 11.8 Å². The van der Waals surface area contributed by atoms with Gasteiger partial charge in [-0.05, 0) is 26.0 Å². The summed E-state index contributed by atoms with van der Waals surface area (Å²) >= 11 is 1.30. The lowest BCUT2D eigenvalue weighted by Crippen LogP contribution is -2.31. The Morgan fingerprint density at radius 3 is 3.05 bits per heavy atom. The average molecular weight is 277 g/mol. The van der Waals surface area contributed by atoms with Gasteiger partial charge in [0.25, 0.3) is 0 Å². The number of rotatable bonds is 5. The number of nitrogens with zero attached hydrogens (tertiary/aromatic N) is 3. The van der Waals surface area contributed by atoms with Crippen LogP contribution >= 0.6 is 11.8 Å². The van der Waals surface area contributed by atoms with Crippen LogP contribution in [0.5, 0.6) is 0 Å². The molecular formula is C12H15N5OS. The van der Waals surface area contributed by atoms with Crippen LogP contribution in [0.25, 0.3) is 11.4 Å². The molecule has 0 radical (unpaired) electrons. The third-order valence-corrected chi connectivity index (χ3v) is 3.03. The summed E-state index contributed by atoms with van der Waals surface area (Å²) in [5.74, 6) is 0.940. The van der Waals surface area contributed by atoms with Gasteiger partial charge in [-0.15, -0.1) is 5.10 Å². The highest BCUT2D eigenvalue weighted by molar-refractivity contribution is 7.99. The molecule has 1 amide bonds. The topological polar surface area (TPSA) is 83.6 Å². The number of hydrogen-bond acceptors (Lipinski definition) is 5. The van der Waals surface area contributed by atoms with Crippen LogP contribution in [-0.2, 0) is 4.79 Å². The third-order valence-electron chi connectivity index (χ3n) is 2.18. The molecule has 0 spiro atoms. The van der Waals surface area contributed by atoms with Crippen molar-refractivity contribution in [3.63, 3.8) is 0 Å². The van der Waals surface area contributed by atoms with Crippen LogP contribution in [0.2, 0.25) is 0 Å². The fourth-order valence-electron chi connectivity index (χ4n) is 1.44. The lowest BCUT2D eigenvalue weighted by molar-refractivity contribution is -0.119. The van der Waals surface area contributed by atoms with Gasteiger partial charge in [-0.25, -0.2) is 4.98 Å². The normalized spacial score (nSPS) is 10.7. The van der Waals surface area contributed by atoms with E-state index >= 15 is 0 Å². The molecule has 0 saturated carbocycles. The Balaban J connectivity index is 1.93. The molecule has 0 aromatic carbocycles. The van der Waals surface area contributed by atoms with E-state index in [-0.39, 0.29) is 11.9 Å². The zero-order chi connectivity index (χ0) is 13.7. The number of pyridine rings is 1. The van der Waals surface area contributed by atoms with Crippen molar-refractivity contribution in [2.75, 3.05) is 5.75 Å². The van der Waals surface area contributed by atoms with E-state index in [4.69, 9.17) is 0 Å². The first kappa shape index (κ1) is 13.5. The number of H-pyrrole nitrogens is 1. The van der Waals surface area contributed by atoms with Crippen LogP contribution in [0.4, 0.5) is 0 Å². The van der Waals surface area contributed by atoms with Crippen molar-refractivity contribution in [2.45, 2.75) is 25.0 Å². The number of nitrogens with one attached hydrogen (secondary N) is 2. The van der Waals surface area contributed by atoms with Crippen LogP contribution in [0.3, 0.4) is 0 Å². The Morgan fingerprint density at radius 1 is 1.53 bits per heavy atom. The molecule has 6 nitrogen and oxygen atoms in total. The predicted molar refractivity (Wildman–Crippen MR) is 73.6 cm³/mol. The molecule has 0 bridgehead atoms. The van der Waals surface area contributed by atoms with Crippen LogP contribution in [-0.4, -0.2) is 37.9 Å². The van der Waals surface area contributed by atoms with E-state index in [1.54, 1.807) is 12.4 Å². The molecule has 0 aliphatic carbocycles. The zero-order valence-corrected chi connectivity index (χ0v) is 11.6. The van der Waals surface area contributed by atoms with Gasteiger partial charge in [0.2, 0.25) is 11.1 Å². The minimum atomic E-state index is -0.0206. The standard InChI is InChI=1S/C12H15N5OS/c1-8(2)14-10(18)7-19-12-15-11(16-17-12)9-4-3-5-13-6-9/h3-6,8H,7H2,1-2H3,(H,14,18)(H,15,16,17). The number of aromatic nitrogens is 4. The minimum absolute atomic E-state index is 0.0206. The van der Waals surface area contributed by atoms with Gasteiger partial charge in [0, 0.05) is 24.0 Å². The lowest BCUT2D eigenvalue weighted by Gasteiger charge is -2.06. The first-order valence-corrected chi connectivity index (χ1v) is 6.88. The molecule has 0 atom stereocenters. The molecular weight excluding hydrogens is 262 g/mol. The Hall–Kier alpha value is -1.89. The van der Waals surface area contributed by atoms with Crippen molar-refractivity contribution in [3.05, 3.63) is 24.5 Å². The van der Waals surface area contributed by atoms with Crippen molar-refractivity contribution in [2.24, 2.45) is 0 Å². The molecule has 2 aromatic heterocycles. The number of carbonyl (C=O) groups excluding carboxylic acids is 1. The van der Waals surface area contributed by atoms with Gasteiger partial charge in [-0.3, -0.25) is 14.9 Å². The highest BCUT2D eigenvalue weighted by Crippen LogP contribution is 2.17. The number of thioether (sulfide) groups is 1. The van der Waals surface area contributed by atoms with E-state index < -0.39 is 0 Å². The van der Waals surface area contributed by atoms with E-state index in [0.717, 1.165) is 5.56 Å². The molecule has 0 aliphatic rings. The van der Waals surface area contributed by atoms with E-state index in [1.165, 1.54) is 11.8 Å². The monoisotopic (exact) mass is 277 g/mol. The maximum absolute atomic E-state index is 11.5. The second kappa shape index (κ2) is 6.33. The summed E-state index contributed by atoms with van der Waals surface area (Å²) in [6.45, 7) is 3.85. The highest BCUT2D eigenvalue weighted by Gasteiger charge is 2.09. The highest BCUT2D eigenvalue weighted by atomic mass is 32.2. The molecule has 2 rings (SSSR count). The molecule has 2 N–H and O–H groups in total. The molecule has 7 heteroatoms. The van der Waals surface area contributed by atoms with Crippen LogP contribution in [0.1, 0.15) is 13.8 Å². The quantitative estimate of drug-likeness (QED) is 0.809. The summed E-state index contributed by atoms with van der Waals surface area (Å²) in [4.78, 5) is 19.8. The Bertz CT molecular complexity index is 540. The zero-order valence-electron chi connectivity index (χ0n) is 10.8. The maximum Gasteiger partial charge on any atom is 0.230 e. The van der Waals surface area contributed by atoms with E-state index in [9.17, 15) is 4.79 Å². The number of aromatic amines is 1. The Morgan fingerprint density at radius 2 is 2.37 bits per heavy atom. The molecule has 2 aromatic rings. The average Bonchev–Trinajstić information content (AvgIpc) is 2.85. The summed E-state index contributed by atoms with van der Waals surface area (Å²) in [7, 11) is 0. The van der Waals surface area contributed by atoms with E-state index in [2.05, 4.69) is 25.5 Å². The van der Waals surface area contributed by atoms with Crippen molar-refractivity contribution >= 4 is 17.7 Å². The van der Waals surface area contributed by atoms with Crippen molar-refractivity contribution < 1.29 is 4.79 Å². The molecule has 2 heterocycles. The third kappa shape index (κ3) is 4.06. The summed E-state index contributed by atoms with van der Waals surface area (Å²) in [5.41, 5.74) is 0.869. The lowest BCUT2D eigenvalue weighted by atomic mass is 10.3. The first-order chi connectivity index (χ1) is 9.15. The molecule has 100 valence electrons. The number of carbonyl (C=O) groups is 1. The fourth-order valence-corrected chi connectivity index (χ4v) is 2.05. The minimum Gasteiger partial charge on any atom is -0.353 e. The second-order valence-electron chi connectivity index (χ2n) is 4.22. The van der Waals surface area contributed by atoms with Crippen molar-refractivity contribution in [1.29, 1.82) is 0 Å². The molecule has 0 fully saturated rings. The summed E-state index contributed by atoms with van der Waals surface area (Å²) in [6.07, 6.45) is 3.41. The largest absolute Gasteiger partial charge is 0.353 e. The molecule has 19 heavy (non-hydrogen) atoms. The van der Waals surface area contributed by atoms with E-state index in [0.29, 0.717) is 16.7 Å². The van der Waals surface area contributed by atoms with E-state index in [1.807, 2.05) is 26.0 Å². The van der Waals surface area contributed by atoms with Gasteiger partial charge >= 0.3 is 0 Å². The van der Waals surface area contributed by atoms with Crippen molar-refractivity contribution in [1.82, 2.24) is 25.5 Å². The van der Waals surface area contributed by atoms with Crippen LogP contribution < -0.4 is 5.32 Å². The summed E-state index contributed by atoms with van der Waals surface area (Å²) in [5, 5.41) is 10.3. The second-order valence-corrected chi connectivity index (χ2v) is 5.16. The number of amides is 1. The number of hydrogen-bond donors (Lipinski definition) is 2.